The van der Waals surface area contributed by atoms with E-state index in [1.165, 1.54) is 0 Å². The Kier molecular flexibility index (Phi) is 125. The van der Waals surface area contributed by atoms with E-state index in [-0.39, 0.29) is 325 Å². The van der Waals surface area contributed by atoms with E-state index >= 15 is 0 Å². The molecule has 30 unspecified atom stereocenters. The van der Waals surface area contributed by atoms with Gasteiger partial charge in [-0.3, -0.25) is 28.8 Å². The molecule has 13 nitrogen and oxygen atoms in total. The van der Waals surface area contributed by atoms with Crippen LogP contribution in [0.5, 0.6) is 0 Å². The first-order valence-corrected chi connectivity index (χ1v) is 54.5. The van der Waals surface area contributed by atoms with Crippen molar-refractivity contribution in [2.24, 2.45) is 10.8 Å². The van der Waals surface area contributed by atoms with Gasteiger partial charge in [-0.2, -0.15) is 0 Å². The van der Waals surface area contributed by atoms with Crippen molar-refractivity contribution < 1.29 is 285 Å². The largest absolute Gasteiger partial charge is 0.464 e. The second kappa shape index (κ2) is 79.1. The molecule has 440 valence electrons. The summed E-state index contributed by atoms with van der Waals surface area (Å²) in [4.78, 5) is 81.5. The Balaban J connectivity index is -0.000000310. The zero-order chi connectivity index (χ0) is 49.3. The monoisotopic (exact) mass is 1970 g/mol. The number of carbonyl (C=O) groups is 6. The minimum atomic E-state index is -1.41. The molecule has 0 spiro atoms. The predicted octanol–water partition coefficient (Wildman–Crippen LogP) is 8.04. The van der Waals surface area contributed by atoms with Gasteiger partial charge in [-0.15, -0.1) is 157 Å². The van der Waals surface area contributed by atoms with Crippen LogP contribution in [0.1, 0.15) is 0 Å². The van der Waals surface area contributed by atoms with Crippen molar-refractivity contribution in [2.75, 3.05) is 89.8 Å². The summed E-state index contributed by atoms with van der Waals surface area (Å²) in [6.45, 7) is -2.52. The van der Waals surface area contributed by atoms with Crippen LogP contribution >= 0.6 is 206 Å². The summed E-state index contributed by atoms with van der Waals surface area (Å²) >= 11 is 0. The molecule has 0 aromatic carbocycles. The van der Waals surface area contributed by atoms with Crippen molar-refractivity contribution in [3.63, 3.8) is 0 Å². The van der Waals surface area contributed by atoms with Crippen LogP contribution in [0.2, 0.25) is 0 Å². The van der Waals surface area contributed by atoms with Gasteiger partial charge in [0.15, 0.2) is 0 Å². The van der Waals surface area contributed by atoms with Gasteiger partial charge in [-0.25, -0.2) is 0 Å². The molecule has 0 heterocycles. The smallest absolute Gasteiger partial charge is 0.313 e. The Hall–Kier alpha value is 14.1. The second-order valence-electron chi connectivity index (χ2n) is 13.9. The van der Waals surface area contributed by atoms with E-state index in [9.17, 15) is 28.8 Å². The Morgan fingerprint density at radius 3 is 0.494 bits per heavy atom. The van der Waals surface area contributed by atoms with Crippen LogP contribution < -0.4 is 0 Å². The fourth-order valence-corrected chi connectivity index (χ4v) is 30.9. The number of rotatable bonds is 40. The van der Waals surface area contributed by atoms with Crippen molar-refractivity contribution >= 4 is 242 Å². The predicted molar refractivity (Wildman–Crippen MR) is 350 cm³/mol. The zero-order valence-electron chi connectivity index (χ0n) is 41.0. The van der Waals surface area contributed by atoms with Crippen molar-refractivity contribution in [3.8, 4) is 0 Å². The van der Waals surface area contributed by atoms with Crippen molar-refractivity contribution in [1.82, 2.24) is 0 Å². The molecule has 0 rings (SSSR count). The Labute approximate surface area is 651 Å². The number of hydrogen-bond acceptors (Lipinski definition) is 13. The normalized spacial score (nSPS) is 15.4. The van der Waals surface area contributed by atoms with Crippen LogP contribution in [0.15, 0.2) is 0 Å². The second-order valence-corrected chi connectivity index (χ2v) is 38.3. The number of esters is 6. The van der Waals surface area contributed by atoms with E-state index < -0.39 is 80.6 Å². The fourth-order valence-electron chi connectivity index (χ4n) is 4.90. The molecule has 49 heteroatoms. The zero-order valence-corrected chi connectivity index (χ0v) is 83.6. The average Bonchev–Trinajstić information content (AvgIpc) is 3.31. The molecule has 0 aromatic heterocycles. The van der Waals surface area contributed by atoms with E-state index in [0.717, 1.165) is 0 Å². The summed E-state index contributed by atoms with van der Waals surface area (Å²) in [5.41, 5.74) is -5.18. The van der Waals surface area contributed by atoms with E-state index in [0.29, 0.717) is 86.6 Å². The summed E-state index contributed by atoms with van der Waals surface area (Å²) in [6, 6.07) is 0. The SMILES string of the molecule is O=C(OCC(COCC(COC(=O)C(CPP)PP)(COC(=O)C(CPP)PP)COC(=O)C(CPP)PP)(COC(=O)C(CPP)PP)COC(=O)C(CPP)PP)C(CPP)PP.[V].[V].[V].[V].[V].[V].[V].[V].[V].[V].[V].[V]. The minimum Gasteiger partial charge on any atom is -0.464 e. The summed E-state index contributed by atoms with van der Waals surface area (Å²) in [5, 5.41) is 0. The summed E-state index contributed by atoms with van der Waals surface area (Å²) < 4.78 is 42.7. The van der Waals surface area contributed by atoms with Crippen LogP contribution in [-0.4, -0.2) is 160 Å². The minimum absolute atomic E-state index is 0. The number of hydrogen-bond donors (Lipinski definition) is 0. The standard InChI is InChI=1S/C28H70O13P24.12V/c29-21(15(60-48)1-54-42)36-9-27(10-37-22(30)16(61-49)2-55-43,11-38-23(31)17(62-50)3-56-44)7-35-8-28(12-39-24(32)18(63-51)4-57-45,13-40-25(33)19(64-52)5-58-46)14-41-26(34)20(65-53)6-59-47;;;;;;;;;;;;/h15-20,54-65H,1-14,42-53H2;;;;;;;;;;;;. The van der Waals surface area contributed by atoms with E-state index in [4.69, 9.17) is 33.2 Å². The van der Waals surface area contributed by atoms with Gasteiger partial charge in [0.1, 0.15) is 39.6 Å². The third kappa shape index (κ3) is 55.7. The molecule has 0 amide bonds. The van der Waals surface area contributed by atoms with E-state index in [1.54, 1.807) is 0 Å². The molecule has 0 bridgehead atoms. The first-order valence-electron chi connectivity index (χ1n) is 19.1. The van der Waals surface area contributed by atoms with Crippen molar-refractivity contribution in [2.45, 2.75) is 34.0 Å². The van der Waals surface area contributed by atoms with Crippen molar-refractivity contribution in [3.05, 3.63) is 0 Å². The average molecular weight is 1970 g/mol. The summed E-state index contributed by atoms with van der Waals surface area (Å²) in [6.07, 6.45) is 3.57. The molecule has 0 aliphatic rings. The third-order valence-corrected chi connectivity index (χ3v) is 31.6. The van der Waals surface area contributed by atoms with E-state index in [2.05, 4.69) is 107 Å². The fraction of sp³-hybridized carbons (Fsp3) is 0.786. The third-order valence-electron chi connectivity index (χ3n) is 8.79. The molecule has 0 aromatic rings. The topological polar surface area (TPSA) is 167 Å². The maximum Gasteiger partial charge on any atom is 0.313 e. The van der Waals surface area contributed by atoms with Gasteiger partial charge in [-0.05, 0) is 37.0 Å². The van der Waals surface area contributed by atoms with Crippen LogP contribution in [0.4, 0.5) is 0 Å². The van der Waals surface area contributed by atoms with Crippen LogP contribution in [0, 0.1) is 10.8 Å². The van der Waals surface area contributed by atoms with Gasteiger partial charge in [0.2, 0.25) is 0 Å². The van der Waals surface area contributed by atoms with Gasteiger partial charge in [-0.1, -0.05) is 49.6 Å². The Morgan fingerprint density at radius 2 is 0.390 bits per heavy atom. The molecule has 0 aliphatic carbocycles. The molecule has 0 aliphatic heterocycles. The Bertz CT molecular complexity index is 1190. The quantitative estimate of drug-likeness (QED) is 0.0329. The van der Waals surface area contributed by atoms with Crippen molar-refractivity contribution in [1.29, 1.82) is 0 Å². The van der Waals surface area contributed by atoms with Gasteiger partial charge in [0.05, 0.1) is 58.0 Å². The number of carbonyl (C=O) groups excluding carboxylic acids is 6. The van der Waals surface area contributed by atoms with E-state index in [1.807, 2.05) is 0 Å². The van der Waals surface area contributed by atoms with Gasteiger partial charge in [0.25, 0.3) is 0 Å². The molecular weight excluding hydrogens is 1900 g/mol. The molecule has 30 atom stereocenters. The molecule has 12 radical (unpaired) electrons. The summed E-state index contributed by atoms with van der Waals surface area (Å²) in [5.74, 6) is -2.67. The summed E-state index contributed by atoms with van der Waals surface area (Å²) in [7, 11) is 35.3. The molecule has 0 saturated carbocycles. The molecule has 0 N–H and O–H groups in total. The van der Waals surface area contributed by atoms with Crippen LogP contribution in [0.3, 0.4) is 0 Å². The van der Waals surface area contributed by atoms with Crippen LogP contribution in [0.25, 0.3) is 0 Å². The van der Waals surface area contributed by atoms with Gasteiger partial charge in [0, 0.05) is 223 Å². The maximum atomic E-state index is 13.6. The van der Waals surface area contributed by atoms with Gasteiger partial charge < -0.3 is 33.2 Å². The number of ether oxygens (including phenoxy) is 7. The Morgan fingerprint density at radius 1 is 0.260 bits per heavy atom. The first-order chi connectivity index (χ1) is 31.1. The molecule has 0 saturated heterocycles. The van der Waals surface area contributed by atoms with Crippen LogP contribution in [-0.2, 0) is 285 Å². The molecule has 77 heavy (non-hydrogen) atoms. The molecular formula is C28H70O13P24V12. The maximum absolute atomic E-state index is 13.6. The molecule has 0 fully saturated rings. The van der Waals surface area contributed by atoms with Gasteiger partial charge >= 0.3 is 35.8 Å². The first kappa shape index (κ1) is 121.